The molecule has 1 aromatic heterocycles. The van der Waals surface area contributed by atoms with Gasteiger partial charge in [-0.05, 0) is 50.1 Å². The molecule has 1 atom stereocenters. The van der Waals surface area contributed by atoms with Crippen LogP contribution in [0.3, 0.4) is 0 Å². The Morgan fingerprint density at radius 3 is 2.50 bits per heavy atom. The maximum atomic E-state index is 13.1. The molecule has 1 unspecified atom stereocenters. The van der Waals surface area contributed by atoms with Crippen molar-refractivity contribution in [1.82, 2.24) is 19.3 Å². The number of rotatable bonds is 5. The third kappa shape index (κ3) is 4.32. The Morgan fingerprint density at radius 2 is 1.75 bits per heavy atom. The molecule has 3 aromatic rings. The molecule has 32 heavy (non-hydrogen) atoms. The topological polar surface area (TPSA) is 31.7 Å². The van der Waals surface area contributed by atoms with Crippen LogP contribution in [-0.4, -0.2) is 70.5 Å². The second kappa shape index (κ2) is 9.08. The molecule has 5 nitrogen and oxygen atoms in total. The van der Waals surface area contributed by atoms with Crippen LogP contribution < -0.4 is 0 Å². The van der Waals surface area contributed by atoms with E-state index in [1.807, 2.05) is 11.0 Å². The second-order valence-electron chi connectivity index (χ2n) is 9.58. The molecule has 0 saturated carbocycles. The molecule has 0 bridgehead atoms. The number of fused-ring (bicyclic) bond motifs is 1. The Kier molecular flexibility index (Phi) is 6.03. The van der Waals surface area contributed by atoms with Gasteiger partial charge < -0.3 is 9.47 Å². The van der Waals surface area contributed by atoms with E-state index in [0.717, 1.165) is 63.2 Å². The third-order valence-corrected chi connectivity index (χ3v) is 7.19. The van der Waals surface area contributed by atoms with Crippen molar-refractivity contribution >= 4 is 16.8 Å². The van der Waals surface area contributed by atoms with E-state index in [4.69, 9.17) is 0 Å². The number of aromatic nitrogens is 1. The van der Waals surface area contributed by atoms with Gasteiger partial charge in [-0.25, -0.2) is 0 Å². The van der Waals surface area contributed by atoms with Gasteiger partial charge in [-0.1, -0.05) is 30.3 Å². The van der Waals surface area contributed by atoms with Crippen LogP contribution in [-0.2, 0) is 6.54 Å². The van der Waals surface area contributed by atoms with Gasteiger partial charge in [-0.15, -0.1) is 0 Å². The van der Waals surface area contributed by atoms with Gasteiger partial charge in [0, 0.05) is 80.6 Å². The Morgan fingerprint density at radius 1 is 0.969 bits per heavy atom. The number of amides is 1. The van der Waals surface area contributed by atoms with Gasteiger partial charge in [0.1, 0.15) is 0 Å². The van der Waals surface area contributed by atoms with E-state index in [0.29, 0.717) is 12.1 Å². The predicted octanol–water partition coefficient (Wildman–Crippen LogP) is 4.25. The third-order valence-electron chi connectivity index (χ3n) is 7.19. The number of nitrogens with zero attached hydrogens (tertiary/aromatic N) is 4. The molecule has 3 heterocycles. The zero-order valence-electron chi connectivity index (χ0n) is 19.3. The molecule has 5 rings (SSSR count). The maximum absolute atomic E-state index is 13.1. The fraction of sp³-hybridized carbons (Fsp3) is 0.444. The molecule has 5 heteroatoms. The fourth-order valence-corrected chi connectivity index (χ4v) is 5.26. The van der Waals surface area contributed by atoms with Crippen LogP contribution in [0.2, 0.25) is 0 Å². The Labute approximate surface area is 191 Å². The Balaban J connectivity index is 1.26. The van der Waals surface area contributed by atoms with E-state index in [2.05, 4.69) is 82.9 Å². The molecule has 0 radical (unpaired) electrons. The normalized spacial score (nSPS) is 20.5. The number of benzene rings is 2. The molecule has 2 fully saturated rings. The van der Waals surface area contributed by atoms with Crippen molar-refractivity contribution < 1.29 is 4.79 Å². The molecular formula is C27H34N4O. The lowest BCUT2D eigenvalue weighted by Gasteiger charge is -2.37. The standard InChI is InChI=1S/C27H34N4O/c1-21(2)29-14-16-30(17-15-29)27(32)24-8-9-26-23(18-24)10-13-31(26)25-11-12-28(20-25)19-22-6-4-3-5-7-22/h3-10,13,18,21,25H,11-12,14-17,19-20H2,1-2H3. The Bertz CT molecular complexity index is 1070. The lowest BCUT2D eigenvalue weighted by molar-refractivity contribution is 0.0595. The summed E-state index contributed by atoms with van der Waals surface area (Å²) >= 11 is 0. The van der Waals surface area contributed by atoms with E-state index >= 15 is 0 Å². The minimum Gasteiger partial charge on any atom is -0.343 e. The van der Waals surface area contributed by atoms with Crippen LogP contribution in [0, 0.1) is 0 Å². The smallest absolute Gasteiger partial charge is 0.253 e. The summed E-state index contributed by atoms with van der Waals surface area (Å²) in [6.45, 7) is 11.2. The van der Waals surface area contributed by atoms with E-state index < -0.39 is 0 Å². The summed E-state index contributed by atoms with van der Waals surface area (Å²) in [5, 5.41) is 1.16. The van der Waals surface area contributed by atoms with E-state index in [1.54, 1.807) is 0 Å². The number of piperazine rings is 1. The minimum absolute atomic E-state index is 0.165. The largest absolute Gasteiger partial charge is 0.343 e. The van der Waals surface area contributed by atoms with E-state index in [-0.39, 0.29) is 5.91 Å². The molecule has 168 valence electrons. The molecule has 0 aliphatic carbocycles. The van der Waals surface area contributed by atoms with Gasteiger partial charge in [0.2, 0.25) is 0 Å². The SMILES string of the molecule is CC(C)N1CCN(C(=O)c2ccc3c(ccn3C3CCN(Cc4ccccc4)C3)c2)CC1. The summed E-state index contributed by atoms with van der Waals surface area (Å²) in [5.41, 5.74) is 3.42. The quantitative estimate of drug-likeness (QED) is 0.606. The lowest BCUT2D eigenvalue weighted by atomic mass is 10.1. The highest BCUT2D eigenvalue weighted by Crippen LogP contribution is 2.29. The van der Waals surface area contributed by atoms with E-state index in [9.17, 15) is 4.79 Å². The monoisotopic (exact) mass is 430 g/mol. The van der Waals surface area contributed by atoms with Crippen LogP contribution in [0.1, 0.15) is 42.2 Å². The Hall–Kier alpha value is -2.63. The summed E-state index contributed by atoms with van der Waals surface area (Å²) in [7, 11) is 0. The minimum atomic E-state index is 0.165. The molecule has 0 N–H and O–H groups in total. The van der Waals surface area contributed by atoms with Crippen molar-refractivity contribution in [2.75, 3.05) is 39.3 Å². The van der Waals surface area contributed by atoms with Crippen molar-refractivity contribution in [2.24, 2.45) is 0 Å². The van der Waals surface area contributed by atoms with Crippen molar-refractivity contribution in [3.63, 3.8) is 0 Å². The first kappa shape index (κ1) is 21.2. The van der Waals surface area contributed by atoms with Crippen LogP contribution in [0.25, 0.3) is 10.9 Å². The highest BCUT2D eigenvalue weighted by atomic mass is 16.2. The van der Waals surface area contributed by atoms with Gasteiger partial charge in [-0.3, -0.25) is 14.6 Å². The van der Waals surface area contributed by atoms with Gasteiger partial charge in [0.05, 0.1) is 0 Å². The first-order valence-corrected chi connectivity index (χ1v) is 12.0. The highest BCUT2D eigenvalue weighted by molar-refractivity contribution is 5.98. The van der Waals surface area contributed by atoms with Gasteiger partial charge in [-0.2, -0.15) is 0 Å². The molecule has 2 saturated heterocycles. The average Bonchev–Trinajstić information content (AvgIpc) is 3.45. The molecular weight excluding hydrogens is 396 g/mol. The number of hydrogen-bond donors (Lipinski definition) is 0. The summed E-state index contributed by atoms with van der Waals surface area (Å²) in [5.74, 6) is 0.165. The molecule has 2 aliphatic heterocycles. The first-order valence-electron chi connectivity index (χ1n) is 12.0. The van der Waals surface area contributed by atoms with Crippen molar-refractivity contribution in [3.8, 4) is 0 Å². The number of hydrogen-bond acceptors (Lipinski definition) is 3. The van der Waals surface area contributed by atoms with Crippen molar-refractivity contribution in [3.05, 3.63) is 71.9 Å². The van der Waals surface area contributed by atoms with E-state index in [1.165, 1.54) is 11.1 Å². The highest BCUT2D eigenvalue weighted by Gasteiger charge is 2.26. The van der Waals surface area contributed by atoms with Crippen LogP contribution in [0.5, 0.6) is 0 Å². The van der Waals surface area contributed by atoms with Gasteiger partial charge >= 0.3 is 0 Å². The predicted molar refractivity (Wildman–Crippen MR) is 130 cm³/mol. The lowest BCUT2D eigenvalue weighted by Crippen LogP contribution is -2.50. The van der Waals surface area contributed by atoms with Gasteiger partial charge in [0.25, 0.3) is 5.91 Å². The summed E-state index contributed by atoms with van der Waals surface area (Å²) in [6, 6.07) is 20.2. The summed E-state index contributed by atoms with van der Waals surface area (Å²) < 4.78 is 2.41. The fourth-order valence-electron chi connectivity index (χ4n) is 5.26. The maximum Gasteiger partial charge on any atom is 0.253 e. The zero-order valence-corrected chi connectivity index (χ0v) is 19.3. The van der Waals surface area contributed by atoms with Crippen molar-refractivity contribution in [1.29, 1.82) is 0 Å². The number of likely N-dealkylation sites (tertiary alicyclic amines) is 1. The van der Waals surface area contributed by atoms with Crippen LogP contribution in [0.15, 0.2) is 60.8 Å². The van der Waals surface area contributed by atoms with Crippen LogP contribution >= 0.6 is 0 Å². The molecule has 2 aromatic carbocycles. The van der Waals surface area contributed by atoms with Crippen molar-refractivity contribution in [2.45, 2.75) is 38.9 Å². The number of carbonyl (C=O) groups excluding carboxylic acids is 1. The summed E-state index contributed by atoms with van der Waals surface area (Å²) in [6.07, 6.45) is 3.37. The molecule has 1 amide bonds. The number of carbonyl (C=O) groups is 1. The van der Waals surface area contributed by atoms with Gasteiger partial charge in [0.15, 0.2) is 0 Å². The first-order chi connectivity index (χ1) is 15.6. The average molecular weight is 431 g/mol. The zero-order chi connectivity index (χ0) is 22.1. The summed E-state index contributed by atoms with van der Waals surface area (Å²) in [4.78, 5) is 20.1. The van der Waals surface area contributed by atoms with Crippen LogP contribution in [0.4, 0.5) is 0 Å². The molecule has 2 aliphatic rings. The second-order valence-corrected chi connectivity index (χ2v) is 9.58. The molecule has 0 spiro atoms.